The summed E-state index contributed by atoms with van der Waals surface area (Å²) in [6.45, 7) is 0.104. The molecule has 0 aromatic heterocycles. The molecule has 0 spiro atoms. The Labute approximate surface area is 65.8 Å². The van der Waals surface area contributed by atoms with E-state index in [-0.39, 0.29) is 18.6 Å². The Balaban J connectivity index is 2.00. The van der Waals surface area contributed by atoms with Crippen molar-refractivity contribution in [3.63, 3.8) is 0 Å². The average Bonchev–Trinajstić information content (AvgIpc) is 2.75. The Kier molecular flexibility index (Phi) is 1.60. The van der Waals surface area contributed by atoms with Gasteiger partial charge in [-0.2, -0.15) is 0 Å². The van der Waals surface area contributed by atoms with E-state index in [9.17, 15) is 4.79 Å². The highest BCUT2D eigenvalue weighted by atomic mass is 16.3. The summed E-state index contributed by atoms with van der Waals surface area (Å²) in [6.07, 6.45) is 3.13. The van der Waals surface area contributed by atoms with Gasteiger partial charge in [-0.1, -0.05) is 0 Å². The molecular weight excluding hydrogens is 142 g/mol. The molecule has 0 aromatic rings. The van der Waals surface area contributed by atoms with Gasteiger partial charge in [0.05, 0.1) is 12.6 Å². The van der Waals surface area contributed by atoms with Crippen LogP contribution in [0.5, 0.6) is 0 Å². The van der Waals surface area contributed by atoms with Crippen molar-refractivity contribution in [2.24, 2.45) is 11.8 Å². The minimum Gasteiger partial charge on any atom is -0.394 e. The van der Waals surface area contributed by atoms with Crippen LogP contribution in [-0.4, -0.2) is 23.7 Å². The predicted octanol–water partition coefficient (Wildman–Crippen LogP) is -0.107. The molecule has 2 rings (SSSR count). The molecule has 0 aromatic carbocycles. The molecule has 3 nitrogen and oxygen atoms in total. The zero-order chi connectivity index (χ0) is 7.84. The van der Waals surface area contributed by atoms with Crippen molar-refractivity contribution in [3.8, 4) is 0 Å². The molecule has 2 atom stereocenters. The lowest BCUT2D eigenvalue weighted by Gasteiger charge is -2.14. The van der Waals surface area contributed by atoms with Crippen molar-refractivity contribution in [2.75, 3.05) is 6.61 Å². The first-order valence-corrected chi connectivity index (χ1v) is 4.21. The molecule has 1 amide bonds. The van der Waals surface area contributed by atoms with Crippen molar-refractivity contribution < 1.29 is 9.90 Å². The normalized spacial score (nSPS) is 37.4. The largest absolute Gasteiger partial charge is 0.394 e. The molecular formula is C8H13NO2. The van der Waals surface area contributed by atoms with E-state index in [0.717, 1.165) is 0 Å². The van der Waals surface area contributed by atoms with Gasteiger partial charge in [0.1, 0.15) is 0 Å². The maximum atomic E-state index is 10.9. The molecule has 1 heterocycles. The van der Waals surface area contributed by atoms with Crippen LogP contribution in [0.4, 0.5) is 0 Å². The zero-order valence-electron chi connectivity index (χ0n) is 6.42. The van der Waals surface area contributed by atoms with Gasteiger partial charge >= 0.3 is 0 Å². The summed E-state index contributed by atoms with van der Waals surface area (Å²) >= 11 is 0. The van der Waals surface area contributed by atoms with Gasteiger partial charge in [0.2, 0.25) is 5.91 Å². The Morgan fingerprint density at radius 2 is 2.27 bits per heavy atom. The number of aliphatic hydroxyl groups excluding tert-OH is 1. The quantitative estimate of drug-likeness (QED) is 0.584. The Morgan fingerprint density at radius 1 is 1.55 bits per heavy atom. The molecule has 2 N–H and O–H groups in total. The minimum atomic E-state index is 0.0509. The van der Waals surface area contributed by atoms with Crippen molar-refractivity contribution in [1.29, 1.82) is 0 Å². The molecule has 1 aliphatic heterocycles. The van der Waals surface area contributed by atoms with Crippen molar-refractivity contribution in [3.05, 3.63) is 0 Å². The van der Waals surface area contributed by atoms with Crippen LogP contribution in [0.2, 0.25) is 0 Å². The zero-order valence-corrected chi connectivity index (χ0v) is 6.42. The summed E-state index contributed by atoms with van der Waals surface area (Å²) < 4.78 is 0. The van der Waals surface area contributed by atoms with Gasteiger partial charge < -0.3 is 10.4 Å². The Hall–Kier alpha value is -0.570. The molecule has 2 aliphatic rings. The van der Waals surface area contributed by atoms with Crippen LogP contribution in [0, 0.1) is 11.8 Å². The maximum Gasteiger partial charge on any atom is 0.220 e. The van der Waals surface area contributed by atoms with Crippen molar-refractivity contribution in [1.82, 2.24) is 5.32 Å². The third-order valence-corrected chi connectivity index (χ3v) is 2.71. The number of hydrogen-bond donors (Lipinski definition) is 2. The number of aliphatic hydroxyl groups is 1. The molecule has 2 fully saturated rings. The first-order chi connectivity index (χ1) is 5.31. The lowest BCUT2D eigenvalue weighted by molar-refractivity contribution is -0.119. The van der Waals surface area contributed by atoms with E-state index in [2.05, 4.69) is 5.32 Å². The number of hydrogen-bond acceptors (Lipinski definition) is 2. The standard InChI is InChI=1S/C8H13NO2/c10-4-7-6(5-1-2-5)3-8(11)9-7/h5-7,10H,1-4H2,(H,9,11)/t6-,7+/m0/s1. The fraction of sp³-hybridized carbons (Fsp3) is 0.875. The number of amides is 1. The average molecular weight is 155 g/mol. The Morgan fingerprint density at radius 3 is 2.82 bits per heavy atom. The number of carbonyl (C=O) groups excluding carboxylic acids is 1. The van der Waals surface area contributed by atoms with Gasteiger partial charge in [0.15, 0.2) is 0 Å². The lowest BCUT2D eigenvalue weighted by atomic mass is 9.96. The molecule has 0 unspecified atom stereocenters. The molecule has 1 saturated carbocycles. The van der Waals surface area contributed by atoms with E-state index >= 15 is 0 Å². The highest BCUT2D eigenvalue weighted by molar-refractivity contribution is 5.79. The summed E-state index contributed by atoms with van der Waals surface area (Å²) in [4.78, 5) is 10.9. The first-order valence-electron chi connectivity index (χ1n) is 4.21. The molecule has 0 radical (unpaired) electrons. The van der Waals surface area contributed by atoms with Gasteiger partial charge in [0.25, 0.3) is 0 Å². The number of nitrogens with one attached hydrogen (secondary N) is 1. The number of rotatable bonds is 2. The molecule has 3 heteroatoms. The highest BCUT2D eigenvalue weighted by Crippen LogP contribution is 2.41. The first kappa shape index (κ1) is 7.10. The van der Waals surface area contributed by atoms with Crippen LogP contribution in [0.25, 0.3) is 0 Å². The van der Waals surface area contributed by atoms with E-state index < -0.39 is 0 Å². The van der Waals surface area contributed by atoms with E-state index in [1.54, 1.807) is 0 Å². The highest BCUT2D eigenvalue weighted by Gasteiger charge is 2.41. The van der Waals surface area contributed by atoms with Gasteiger partial charge in [-0.3, -0.25) is 4.79 Å². The van der Waals surface area contributed by atoms with E-state index in [1.807, 2.05) is 0 Å². The molecule has 0 bridgehead atoms. The molecule has 11 heavy (non-hydrogen) atoms. The molecule has 62 valence electrons. The molecule has 1 aliphatic carbocycles. The van der Waals surface area contributed by atoms with E-state index in [0.29, 0.717) is 18.3 Å². The predicted molar refractivity (Wildman–Crippen MR) is 39.8 cm³/mol. The Bertz CT molecular complexity index is 177. The van der Waals surface area contributed by atoms with Crippen LogP contribution in [0.3, 0.4) is 0 Å². The van der Waals surface area contributed by atoms with Crippen LogP contribution in [0.15, 0.2) is 0 Å². The minimum absolute atomic E-state index is 0.0509. The van der Waals surface area contributed by atoms with Gasteiger partial charge in [-0.05, 0) is 24.7 Å². The van der Waals surface area contributed by atoms with Gasteiger partial charge in [-0.15, -0.1) is 0 Å². The summed E-state index contributed by atoms with van der Waals surface area (Å²) in [6, 6.07) is 0.0509. The van der Waals surface area contributed by atoms with Crippen LogP contribution < -0.4 is 5.32 Å². The van der Waals surface area contributed by atoms with Crippen LogP contribution in [-0.2, 0) is 4.79 Å². The second kappa shape index (κ2) is 2.48. The van der Waals surface area contributed by atoms with E-state index in [1.165, 1.54) is 12.8 Å². The summed E-state index contributed by atoms with van der Waals surface area (Å²) in [5.41, 5.74) is 0. The third-order valence-electron chi connectivity index (χ3n) is 2.71. The van der Waals surface area contributed by atoms with E-state index in [4.69, 9.17) is 5.11 Å². The third kappa shape index (κ3) is 1.25. The lowest BCUT2D eigenvalue weighted by Crippen LogP contribution is -2.33. The van der Waals surface area contributed by atoms with Crippen molar-refractivity contribution >= 4 is 5.91 Å². The topological polar surface area (TPSA) is 49.3 Å². The molecule has 1 saturated heterocycles. The summed E-state index contributed by atoms with van der Waals surface area (Å²) in [5, 5.41) is 11.7. The van der Waals surface area contributed by atoms with Crippen molar-refractivity contribution in [2.45, 2.75) is 25.3 Å². The fourth-order valence-corrected chi connectivity index (χ4v) is 1.93. The fourth-order valence-electron chi connectivity index (χ4n) is 1.93. The summed E-state index contributed by atoms with van der Waals surface area (Å²) in [7, 11) is 0. The monoisotopic (exact) mass is 155 g/mol. The van der Waals surface area contributed by atoms with Crippen LogP contribution in [0.1, 0.15) is 19.3 Å². The SMILES string of the molecule is O=C1C[C@@H](C2CC2)[C@@H](CO)N1. The number of carbonyl (C=O) groups is 1. The second-order valence-corrected chi connectivity index (χ2v) is 3.56. The van der Waals surface area contributed by atoms with Gasteiger partial charge in [0, 0.05) is 6.42 Å². The van der Waals surface area contributed by atoms with Gasteiger partial charge in [-0.25, -0.2) is 0 Å². The maximum absolute atomic E-state index is 10.9. The summed E-state index contributed by atoms with van der Waals surface area (Å²) in [5.74, 6) is 1.25. The second-order valence-electron chi connectivity index (χ2n) is 3.56. The van der Waals surface area contributed by atoms with Crippen LogP contribution >= 0.6 is 0 Å². The smallest absolute Gasteiger partial charge is 0.220 e.